The van der Waals surface area contributed by atoms with Gasteiger partial charge in [-0.3, -0.25) is 9.52 Å². The van der Waals surface area contributed by atoms with Crippen molar-refractivity contribution in [2.24, 2.45) is 0 Å². The molecule has 5 rings (SSSR count). The molecule has 0 spiro atoms. The molecular weight excluding hydrogens is 400 g/mol. The highest BCUT2D eigenvalue weighted by Gasteiger charge is 2.32. The van der Waals surface area contributed by atoms with E-state index in [1.807, 2.05) is 36.4 Å². The molecule has 2 aliphatic heterocycles. The predicted molar refractivity (Wildman–Crippen MR) is 116 cm³/mol. The highest BCUT2D eigenvalue weighted by atomic mass is 32.2. The van der Waals surface area contributed by atoms with Crippen molar-refractivity contribution in [1.82, 2.24) is 0 Å². The topological polar surface area (TPSA) is 75.7 Å². The van der Waals surface area contributed by atoms with E-state index in [-0.39, 0.29) is 16.9 Å². The van der Waals surface area contributed by atoms with Crippen LogP contribution in [0.2, 0.25) is 0 Å². The fraction of sp³-hybridized carbons (Fsp3) is 0.261. The molecule has 0 aliphatic carbocycles. The first kappa shape index (κ1) is 19.1. The van der Waals surface area contributed by atoms with Crippen LogP contribution in [0, 0.1) is 0 Å². The lowest BCUT2D eigenvalue weighted by Gasteiger charge is -2.21. The third kappa shape index (κ3) is 3.44. The fourth-order valence-electron chi connectivity index (χ4n) is 4.19. The summed E-state index contributed by atoms with van der Waals surface area (Å²) in [7, 11) is -3.72. The Kier molecular flexibility index (Phi) is 4.72. The minimum absolute atomic E-state index is 0.00394. The van der Waals surface area contributed by atoms with Crippen LogP contribution >= 0.6 is 0 Å². The molecule has 1 amide bonds. The Morgan fingerprint density at radius 2 is 1.87 bits per heavy atom. The van der Waals surface area contributed by atoms with Gasteiger partial charge in [-0.1, -0.05) is 30.3 Å². The van der Waals surface area contributed by atoms with Gasteiger partial charge in [-0.25, -0.2) is 8.42 Å². The summed E-state index contributed by atoms with van der Waals surface area (Å²) < 4.78 is 34.0. The van der Waals surface area contributed by atoms with Gasteiger partial charge in [0.2, 0.25) is 0 Å². The second-order valence-corrected chi connectivity index (χ2v) is 9.38. The van der Waals surface area contributed by atoms with Gasteiger partial charge in [-0.2, -0.15) is 0 Å². The Bertz CT molecular complexity index is 1230. The van der Waals surface area contributed by atoms with Crippen molar-refractivity contribution in [3.63, 3.8) is 0 Å². The van der Waals surface area contributed by atoms with E-state index < -0.39 is 10.0 Å². The summed E-state index contributed by atoms with van der Waals surface area (Å²) in [5.74, 6) is -0.00394. The van der Waals surface area contributed by atoms with E-state index in [4.69, 9.17) is 4.74 Å². The molecule has 6 nitrogen and oxygen atoms in total. The number of sulfonamides is 1. The lowest BCUT2D eigenvalue weighted by Crippen LogP contribution is -2.37. The van der Waals surface area contributed by atoms with Crippen LogP contribution in [0.5, 0.6) is 0 Å². The Morgan fingerprint density at radius 1 is 1.03 bits per heavy atom. The number of hydrogen-bond donors (Lipinski definition) is 1. The lowest BCUT2D eigenvalue weighted by molar-refractivity contribution is -0.127. The van der Waals surface area contributed by atoms with E-state index in [1.54, 1.807) is 29.2 Å². The maximum absolute atomic E-state index is 12.9. The normalized spacial score (nSPS) is 18.5. The van der Waals surface area contributed by atoms with Gasteiger partial charge in [-0.05, 0) is 65.9 Å². The molecule has 1 saturated heterocycles. The summed E-state index contributed by atoms with van der Waals surface area (Å²) in [5, 5.41) is 1.86. The molecule has 7 heteroatoms. The number of hydrogen-bond acceptors (Lipinski definition) is 4. The van der Waals surface area contributed by atoms with Crippen LogP contribution in [-0.4, -0.2) is 33.6 Å². The van der Waals surface area contributed by atoms with Gasteiger partial charge in [-0.15, -0.1) is 0 Å². The van der Waals surface area contributed by atoms with Crippen LogP contribution in [-0.2, 0) is 26.0 Å². The zero-order valence-corrected chi connectivity index (χ0v) is 17.2. The molecule has 0 saturated carbocycles. The highest BCUT2D eigenvalue weighted by Crippen LogP contribution is 2.33. The van der Waals surface area contributed by atoms with Crippen LogP contribution in [0.15, 0.2) is 65.6 Å². The van der Waals surface area contributed by atoms with Crippen molar-refractivity contribution < 1.29 is 17.9 Å². The summed E-state index contributed by atoms with van der Waals surface area (Å²) in [6.45, 7) is 1.22. The molecule has 1 fully saturated rings. The third-order valence-electron chi connectivity index (χ3n) is 5.73. The Morgan fingerprint density at radius 3 is 2.67 bits per heavy atom. The molecule has 1 N–H and O–H groups in total. The van der Waals surface area contributed by atoms with Crippen LogP contribution in [0.4, 0.5) is 11.4 Å². The summed E-state index contributed by atoms with van der Waals surface area (Å²) in [6, 6.07) is 18.1. The standard InChI is InChI=1S/C23H22N2O4S/c26-23(22-6-3-13-29-22)25-12-11-18-14-19(8-10-21(18)25)24-30(27,28)20-9-7-16-4-1-2-5-17(16)15-20/h1-2,4-5,7-10,14-15,22,24H,3,6,11-13H2. The quantitative estimate of drug-likeness (QED) is 0.696. The lowest BCUT2D eigenvalue weighted by atomic mass is 10.1. The van der Waals surface area contributed by atoms with Crippen molar-refractivity contribution in [3.05, 3.63) is 66.2 Å². The van der Waals surface area contributed by atoms with E-state index in [0.29, 0.717) is 25.3 Å². The maximum Gasteiger partial charge on any atom is 0.261 e. The maximum atomic E-state index is 12.9. The van der Waals surface area contributed by atoms with Crippen molar-refractivity contribution >= 4 is 38.1 Å². The first-order valence-corrected chi connectivity index (χ1v) is 11.6. The molecule has 1 unspecified atom stereocenters. The van der Waals surface area contributed by atoms with Crippen LogP contribution in [0.3, 0.4) is 0 Å². The minimum Gasteiger partial charge on any atom is -0.368 e. The third-order valence-corrected chi connectivity index (χ3v) is 7.11. The van der Waals surface area contributed by atoms with E-state index in [2.05, 4.69) is 4.72 Å². The number of anilines is 2. The average Bonchev–Trinajstić information content (AvgIpc) is 3.42. The molecule has 1 atom stereocenters. The summed E-state index contributed by atoms with van der Waals surface area (Å²) in [6.07, 6.45) is 2.00. The first-order chi connectivity index (χ1) is 14.5. The van der Waals surface area contributed by atoms with Gasteiger partial charge in [0, 0.05) is 24.5 Å². The molecule has 30 heavy (non-hydrogen) atoms. The molecule has 3 aromatic carbocycles. The first-order valence-electron chi connectivity index (χ1n) is 10.1. The number of fused-ring (bicyclic) bond motifs is 2. The van der Waals surface area contributed by atoms with Crippen molar-refractivity contribution in [2.75, 3.05) is 22.8 Å². The zero-order chi connectivity index (χ0) is 20.7. The largest absolute Gasteiger partial charge is 0.368 e. The summed E-state index contributed by atoms with van der Waals surface area (Å²) >= 11 is 0. The number of benzene rings is 3. The minimum atomic E-state index is -3.72. The van der Waals surface area contributed by atoms with Crippen LogP contribution in [0.1, 0.15) is 18.4 Å². The number of nitrogens with zero attached hydrogens (tertiary/aromatic N) is 1. The molecule has 2 heterocycles. The number of amides is 1. The smallest absolute Gasteiger partial charge is 0.261 e. The number of ether oxygens (including phenoxy) is 1. The van der Waals surface area contributed by atoms with Crippen molar-refractivity contribution in [3.8, 4) is 0 Å². The van der Waals surface area contributed by atoms with Crippen molar-refractivity contribution in [2.45, 2.75) is 30.3 Å². The van der Waals surface area contributed by atoms with Crippen LogP contribution < -0.4 is 9.62 Å². The van der Waals surface area contributed by atoms with E-state index in [1.165, 1.54) is 0 Å². The second-order valence-electron chi connectivity index (χ2n) is 7.70. The molecule has 0 aromatic heterocycles. The van der Waals surface area contributed by atoms with E-state index in [9.17, 15) is 13.2 Å². The Balaban J connectivity index is 1.38. The fourth-order valence-corrected chi connectivity index (χ4v) is 5.27. The van der Waals surface area contributed by atoms with E-state index >= 15 is 0 Å². The highest BCUT2D eigenvalue weighted by molar-refractivity contribution is 7.92. The molecule has 2 aliphatic rings. The summed E-state index contributed by atoms with van der Waals surface area (Å²) in [4.78, 5) is 14.7. The van der Waals surface area contributed by atoms with Gasteiger partial charge in [0.25, 0.3) is 15.9 Å². The molecule has 154 valence electrons. The number of rotatable bonds is 4. The Labute approximate surface area is 175 Å². The van der Waals surface area contributed by atoms with Crippen molar-refractivity contribution in [1.29, 1.82) is 0 Å². The van der Waals surface area contributed by atoms with Gasteiger partial charge < -0.3 is 9.64 Å². The average molecular weight is 423 g/mol. The summed E-state index contributed by atoms with van der Waals surface area (Å²) in [5.41, 5.74) is 2.29. The molecule has 0 radical (unpaired) electrons. The number of carbonyl (C=O) groups excluding carboxylic acids is 1. The molecular formula is C23H22N2O4S. The molecule has 3 aromatic rings. The number of carbonyl (C=O) groups is 1. The van der Waals surface area contributed by atoms with Gasteiger partial charge in [0.05, 0.1) is 4.90 Å². The van der Waals surface area contributed by atoms with Crippen LogP contribution in [0.25, 0.3) is 10.8 Å². The van der Waals surface area contributed by atoms with Gasteiger partial charge in [0.1, 0.15) is 6.10 Å². The van der Waals surface area contributed by atoms with E-state index in [0.717, 1.165) is 34.9 Å². The molecule has 0 bridgehead atoms. The van der Waals surface area contributed by atoms with Gasteiger partial charge in [0.15, 0.2) is 0 Å². The SMILES string of the molecule is O=C(C1CCCO1)N1CCc2cc(NS(=O)(=O)c3ccc4ccccc4c3)ccc21. The zero-order valence-electron chi connectivity index (χ0n) is 16.4. The monoisotopic (exact) mass is 422 g/mol. The second kappa shape index (κ2) is 7.41. The Hall–Kier alpha value is -2.90. The van der Waals surface area contributed by atoms with Gasteiger partial charge >= 0.3 is 0 Å². The number of nitrogens with one attached hydrogen (secondary N) is 1. The predicted octanol–water partition coefficient (Wildman–Crippen LogP) is 3.71.